The Kier molecular flexibility index (Phi) is 7.59. The van der Waals surface area contributed by atoms with Gasteiger partial charge in [0, 0.05) is 45.2 Å². The normalized spacial score (nSPS) is 16.9. The van der Waals surface area contributed by atoms with Crippen LogP contribution in [0, 0.1) is 5.82 Å². The van der Waals surface area contributed by atoms with E-state index >= 15 is 0 Å². The van der Waals surface area contributed by atoms with Gasteiger partial charge in [-0.1, -0.05) is 26.0 Å². The number of likely N-dealkylation sites (tertiary alicyclic amines) is 1. The van der Waals surface area contributed by atoms with Crippen LogP contribution in [0.2, 0.25) is 0 Å². The molecule has 1 aliphatic heterocycles. The molecule has 7 heteroatoms. The van der Waals surface area contributed by atoms with Crippen molar-refractivity contribution in [3.05, 3.63) is 35.6 Å². The summed E-state index contributed by atoms with van der Waals surface area (Å²) < 4.78 is 13.5. The summed E-state index contributed by atoms with van der Waals surface area (Å²) in [6.07, 6.45) is 1.93. The maximum atomic E-state index is 13.5. The van der Waals surface area contributed by atoms with Crippen LogP contribution < -0.4 is 16.0 Å². The third-order valence-electron chi connectivity index (χ3n) is 5.10. The summed E-state index contributed by atoms with van der Waals surface area (Å²) in [4.78, 5) is 18.0. The zero-order valence-corrected chi connectivity index (χ0v) is 16.8. The van der Waals surface area contributed by atoms with Crippen molar-refractivity contribution in [2.75, 3.05) is 40.3 Å². The lowest BCUT2D eigenvalue weighted by Crippen LogP contribution is -2.51. The van der Waals surface area contributed by atoms with Crippen molar-refractivity contribution in [3.8, 4) is 0 Å². The molecule has 2 rings (SSSR count). The summed E-state index contributed by atoms with van der Waals surface area (Å²) in [7, 11) is 3.42. The van der Waals surface area contributed by atoms with Gasteiger partial charge in [-0.05, 0) is 30.5 Å². The number of nitrogens with zero attached hydrogens (tertiary/aromatic N) is 2. The van der Waals surface area contributed by atoms with Crippen LogP contribution in [0.1, 0.15) is 32.3 Å². The fourth-order valence-electron chi connectivity index (χ4n) is 3.22. The first-order valence-electron chi connectivity index (χ1n) is 9.50. The third-order valence-corrected chi connectivity index (χ3v) is 5.10. The minimum absolute atomic E-state index is 0.0541. The standard InChI is InChI=1S/C20H32FN5O/c1-20(2,15-6-5-7-16(21)12-15)14-24-19(23-4)25-17-8-10-26(11-9-17)13-18(27)22-3/h5-7,12,17H,8-11,13-14H2,1-4H3,(H,22,27)(H2,23,24,25). The molecular weight excluding hydrogens is 345 g/mol. The third kappa shape index (κ3) is 6.50. The summed E-state index contributed by atoms with van der Waals surface area (Å²) >= 11 is 0. The number of halogens is 1. The second kappa shape index (κ2) is 9.69. The molecule has 1 aliphatic rings. The Morgan fingerprint density at radius 3 is 2.63 bits per heavy atom. The predicted octanol–water partition coefficient (Wildman–Crippen LogP) is 1.48. The number of amides is 1. The van der Waals surface area contributed by atoms with E-state index in [2.05, 4.69) is 39.7 Å². The van der Waals surface area contributed by atoms with Crippen molar-refractivity contribution in [2.45, 2.75) is 38.1 Å². The van der Waals surface area contributed by atoms with E-state index in [1.54, 1.807) is 26.2 Å². The maximum Gasteiger partial charge on any atom is 0.233 e. The van der Waals surface area contributed by atoms with E-state index in [1.807, 2.05) is 6.07 Å². The van der Waals surface area contributed by atoms with Gasteiger partial charge < -0.3 is 16.0 Å². The van der Waals surface area contributed by atoms with Gasteiger partial charge in [-0.15, -0.1) is 0 Å². The van der Waals surface area contributed by atoms with Crippen LogP contribution >= 0.6 is 0 Å². The Morgan fingerprint density at radius 1 is 1.33 bits per heavy atom. The number of nitrogens with one attached hydrogen (secondary N) is 3. The molecule has 1 heterocycles. The highest BCUT2D eigenvalue weighted by atomic mass is 19.1. The lowest BCUT2D eigenvalue weighted by molar-refractivity contribution is -0.122. The molecule has 1 aromatic carbocycles. The Labute approximate surface area is 161 Å². The Hall–Kier alpha value is -2.15. The molecule has 6 nitrogen and oxygen atoms in total. The van der Waals surface area contributed by atoms with Gasteiger partial charge in [-0.2, -0.15) is 0 Å². The number of carbonyl (C=O) groups is 1. The second-order valence-corrected chi connectivity index (χ2v) is 7.69. The van der Waals surface area contributed by atoms with Gasteiger partial charge in [-0.25, -0.2) is 4.39 Å². The number of rotatable bonds is 6. The molecule has 0 aromatic heterocycles. The molecule has 0 radical (unpaired) electrons. The zero-order valence-electron chi connectivity index (χ0n) is 16.8. The largest absolute Gasteiger partial charge is 0.358 e. The van der Waals surface area contributed by atoms with Crippen LogP contribution in [0.4, 0.5) is 4.39 Å². The SMILES string of the molecule is CN=C(NCC(C)(C)c1cccc(F)c1)NC1CCN(CC(=O)NC)CC1. The highest BCUT2D eigenvalue weighted by Gasteiger charge is 2.24. The molecule has 0 unspecified atom stereocenters. The number of piperidine rings is 1. The molecule has 1 fully saturated rings. The van der Waals surface area contributed by atoms with Crippen molar-refractivity contribution in [3.63, 3.8) is 0 Å². The van der Waals surface area contributed by atoms with Crippen molar-refractivity contribution in [1.29, 1.82) is 0 Å². The number of aliphatic imine (C=N–C) groups is 1. The molecule has 150 valence electrons. The second-order valence-electron chi connectivity index (χ2n) is 7.69. The average molecular weight is 378 g/mol. The van der Waals surface area contributed by atoms with E-state index in [-0.39, 0.29) is 17.1 Å². The molecule has 0 aliphatic carbocycles. The van der Waals surface area contributed by atoms with Gasteiger partial charge in [0.1, 0.15) is 5.82 Å². The van der Waals surface area contributed by atoms with Crippen LogP contribution in [-0.2, 0) is 10.2 Å². The molecule has 1 saturated heterocycles. The van der Waals surface area contributed by atoms with Crippen LogP contribution in [-0.4, -0.2) is 63.1 Å². The van der Waals surface area contributed by atoms with Crippen LogP contribution in [0.5, 0.6) is 0 Å². The number of benzene rings is 1. The quantitative estimate of drug-likeness (QED) is 0.519. The average Bonchev–Trinajstić information content (AvgIpc) is 2.66. The minimum Gasteiger partial charge on any atom is -0.358 e. The number of guanidine groups is 1. The maximum absolute atomic E-state index is 13.5. The Morgan fingerprint density at radius 2 is 2.04 bits per heavy atom. The molecule has 1 amide bonds. The molecule has 0 atom stereocenters. The first-order chi connectivity index (χ1) is 12.8. The van der Waals surface area contributed by atoms with Gasteiger partial charge in [0.15, 0.2) is 5.96 Å². The summed E-state index contributed by atoms with van der Waals surface area (Å²) in [5, 5.41) is 9.50. The lowest BCUT2D eigenvalue weighted by Gasteiger charge is -2.33. The first-order valence-corrected chi connectivity index (χ1v) is 9.50. The van der Waals surface area contributed by atoms with Gasteiger partial charge >= 0.3 is 0 Å². The highest BCUT2D eigenvalue weighted by molar-refractivity contribution is 5.80. The van der Waals surface area contributed by atoms with Gasteiger partial charge in [0.25, 0.3) is 0 Å². The smallest absolute Gasteiger partial charge is 0.233 e. The molecule has 0 saturated carbocycles. The topological polar surface area (TPSA) is 68.8 Å². The molecule has 0 bridgehead atoms. The van der Waals surface area contributed by atoms with Gasteiger partial charge in [0.2, 0.25) is 5.91 Å². The fraction of sp³-hybridized carbons (Fsp3) is 0.600. The van der Waals surface area contributed by atoms with E-state index in [9.17, 15) is 9.18 Å². The van der Waals surface area contributed by atoms with E-state index in [4.69, 9.17) is 0 Å². The molecule has 3 N–H and O–H groups in total. The fourth-order valence-corrected chi connectivity index (χ4v) is 3.22. The number of likely N-dealkylation sites (N-methyl/N-ethyl adjacent to an activating group) is 1. The zero-order chi connectivity index (χ0) is 19.9. The van der Waals surface area contributed by atoms with Crippen LogP contribution in [0.3, 0.4) is 0 Å². The van der Waals surface area contributed by atoms with E-state index < -0.39 is 0 Å². The van der Waals surface area contributed by atoms with Crippen LogP contribution in [0.15, 0.2) is 29.3 Å². The monoisotopic (exact) mass is 377 g/mol. The number of hydrogen-bond donors (Lipinski definition) is 3. The predicted molar refractivity (Wildman–Crippen MR) is 107 cm³/mol. The molecule has 1 aromatic rings. The van der Waals surface area contributed by atoms with E-state index in [1.165, 1.54) is 6.07 Å². The molecule has 27 heavy (non-hydrogen) atoms. The summed E-state index contributed by atoms with van der Waals surface area (Å²) in [6, 6.07) is 7.06. The minimum atomic E-state index is -0.226. The first kappa shape index (κ1) is 21.2. The lowest BCUT2D eigenvalue weighted by atomic mass is 9.84. The number of carbonyl (C=O) groups excluding carboxylic acids is 1. The van der Waals surface area contributed by atoms with E-state index in [0.717, 1.165) is 37.5 Å². The molecular formula is C20H32FN5O. The van der Waals surface area contributed by atoms with Crippen molar-refractivity contribution < 1.29 is 9.18 Å². The van der Waals surface area contributed by atoms with Crippen LogP contribution in [0.25, 0.3) is 0 Å². The van der Waals surface area contributed by atoms with E-state index in [0.29, 0.717) is 19.1 Å². The van der Waals surface area contributed by atoms with Gasteiger partial charge in [0.05, 0.1) is 6.54 Å². The summed E-state index contributed by atoms with van der Waals surface area (Å²) in [5.41, 5.74) is 0.726. The van der Waals surface area contributed by atoms with Crippen molar-refractivity contribution >= 4 is 11.9 Å². The Balaban J connectivity index is 1.82. The summed E-state index contributed by atoms with van der Waals surface area (Å²) in [6.45, 7) is 7.04. The van der Waals surface area contributed by atoms with Crippen molar-refractivity contribution in [1.82, 2.24) is 20.9 Å². The van der Waals surface area contributed by atoms with Crippen molar-refractivity contribution in [2.24, 2.45) is 4.99 Å². The molecule has 0 spiro atoms. The van der Waals surface area contributed by atoms with Gasteiger partial charge in [-0.3, -0.25) is 14.7 Å². The summed E-state index contributed by atoms with van der Waals surface area (Å²) in [5.74, 6) is 0.592. The highest BCUT2D eigenvalue weighted by Crippen LogP contribution is 2.22. The number of hydrogen-bond acceptors (Lipinski definition) is 3. The Bertz CT molecular complexity index is 654.